The molecule has 0 bridgehead atoms. The first kappa shape index (κ1) is 19.7. The Morgan fingerprint density at radius 1 is 1.07 bits per heavy atom. The molecule has 0 N–H and O–H groups in total. The highest BCUT2D eigenvalue weighted by molar-refractivity contribution is 5.97. The molecule has 0 fully saturated rings. The lowest BCUT2D eigenvalue weighted by Gasteiger charge is -2.34. The first-order valence-corrected chi connectivity index (χ1v) is 9.70. The number of fused-ring (bicyclic) bond motifs is 1. The summed E-state index contributed by atoms with van der Waals surface area (Å²) in [5.74, 6) is 0.162. The third kappa shape index (κ3) is 3.78. The van der Waals surface area contributed by atoms with Crippen LogP contribution in [0.15, 0.2) is 60.9 Å². The molecule has 1 aromatic heterocycles. The van der Waals surface area contributed by atoms with Crippen molar-refractivity contribution >= 4 is 11.9 Å². The van der Waals surface area contributed by atoms with E-state index in [0.29, 0.717) is 25.1 Å². The molecule has 0 radical (unpaired) electrons. The van der Waals surface area contributed by atoms with E-state index in [1.165, 1.54) is 7.11 Å². The molecule has 1 atom stereocenters. The topological polar surface area (TPSA) is 73.7 Å². The normalized spacial score (nSPS) is 15.4. The predicted molar refractivity (Wildman–Crippen MR) is 110 cm³/mol. The van der Waals surface area contributed by atoms with Gasteiger partial charge in [-0.05, 0) is 29.8 Å². The fourth-order valence-corrected chi connectivity index (χ4v) is 3.74. The smallest absolute Gasteiger partial charge is 0.329 e. The second kappa shape index (κ2) is 8.41. The van der Waals surface area contributed by atoms with Crippen LogP contribution in [0.2, 0.25) is 0 Å². The Hall–Kier alpha value is -3.61. The van der Waals surface area contributed by atoms with E-state index in [4.69, 9.17) is 9.47 Å². The molecule has 7 nitrogen and oxygen atoms in total. The van der Waals surface area contributed by atoms with Crippen molar-refractivity contribution in [3.8, 4) is 5.75 Å². The molecule has 2 heterocycles. The predicted octanol–water partition coefficient (Wildman–Crippen LogP) is 2.68. The van der Waals surface area contributed by atoms with Gasteiger partial charge in [-0.15, -0.1) is 0 Å². The number of carbonyl (C=O) groups excluding carboxylic acids is 2. The summed E-state index contributed by atoms with van der Waals surface area (Å²) in [5.41, 5.74) is 3.37. The third-order valence-corrected chi connectivity index (χ3v) is 5.38. The van der Waals surface area contributed by atoms with Crippen molar-refractivity contribution in [2.75, 3.05) is 14.2 Å². The van der Waals surface area contributed by atoms with E-state index in [0.717, 1.165) is 22.7 Å². The number of carbonyl (C=O) groups is 2. The Morgan fingerprint density at radius 2 is 1.80 bits per heavy atom. The molecule has 1 amide bonds. The highest BCUT2D eigenvalue weighted by Crippen LogP contribution is 2.26. The fraction of sp³-hybridized carbons (Fsp3) is 0.261. The summed E-state index contributed by atoms with van der Waals surface area (Å²) in [4.78, 5) is 31.7. The zero-order valence-electron chi connectivity index (χ0n) is 16.9. The summed E-state index contributed by atoms with van der Waals surface area (Å²) in [6.07, 6.45) is 2.09. The van der Waals surface area contributed by atoms with Crippen LogP contribution in [0.1, 0.15) is 27.3 Å². The Morgan fingerprint density at radius 3 is 2.47 bits per heavy atom. The number of methoxy groups -OCH3 is 2. The molecule has 2 aromatic carbocycles. The quantitative estimate of drug-likeness (QED) is 0.610. The van der Waals surface area contributed by atoms with Crippen LogP contribution >= 0.6 is 0 Å². The lowest BCUT2D eigenvalue weighted by Crippen LogP contribution is -2.49. The summed E-state index contributed by atoms with van der Waals surface area (Å²) in [6, 6.07) is 16.1. The average molecular weight is 405 g/mol. The highest BCUT2D eigenvalue weighted by Gasteiger charge is 2.37. The van der Waals surface area contributed by atoms with E-state index in [1.54, 1.807) is 30.5 Å². The summed E-state index contributed by atoms with van der Waals surface area (Å²) in [5, 5.41) is 0. The van der Waals surface area contributed by atoms with Crippen LogP contribution in [-0.4, -0.2) is 46.6 Å². The molecular weight excluding hydrogens is 382 g/mol. The van der Waals surface area contributed by atoms with Gasteiger partial charge in [0, 0.05) is 18.5 Å². The van der Waals surface area contributed by atoms with Crippen molar-refractivity contribution in [3.63, 3.8) is 0 Å². The zero-order valence-corrected chi connectivity index (χ0v) is 16.9. The van der Waals surface area contributed by atoms with Gasteiger partial charge < -0.3 is 18.9 Å². The van der Waals surface area contributed by atoms with Gasteiger partial charge in [0.15, 0.2) is 0 Å². The van der Waals surface area contributed by atoms with E-state index in [9.17, 15) is 9.59 Å². The number of benzene rings is 2. The third-order valence-electron chi connectivity index (χ3n) is 5.38. The Labute approximate surface area is 174 Å². The van der Waals surface area contributed by atoms with Crippen LogP contribution in [0.3, 0.4) is 0 Å². The van der Waals surface area contributed by atoms with Crippen molar-refractivity contribution in [2.45, 2.75) is 25.6 Å². The summed E-state index contributed by atoms with van der Waals surface area (Å²) < 4.78 is 12.2. The Balaban J connectivity index is 1.64. The van der Waals surface area contributed by atoms with E-state index < -0.39 is 12.0 Å². The molecule has 7 heteroatoms. The molecule has 154 valence electrons. The molecule has 0 saturated heterocycles. The van der Waals surface area contributed by atoms with Gasteiger partial charge in [0.05, 0.1) is 38.5 Å². The van der Waals surface area contributed by atoms with Gasteiger partial charge in [-0.1, -0.05) is 30.3 Å². The number of imidazole rings is 1. The first-order valence-electron chi connectivity index (χ1n) is 9.70. The number of hydrogen-bond acceptors (Lipinski definition) is 5. The molecule has 4 rings (SSSR count). The number of hydrogen-bond donors (Lipinski definition) is 0. The molecule has 1 aliphatic heterocycles. The molecule has 30 heavy (non-hydrogen) atoms. The molecule has 1 aliphatic rings. The maximum atomic E-state index is 13.2. The standard InChI is InChI=1S/C23H23N3O4/c1-29-18-10-8-16(9-11-18)13-25-15-24-19-12-20(23(28)30-2)26(14-21(19)25)22(27)17-6-4-3-5-7-17/h3-11,15,20H,12-14H2,1-2H3/t20-/m0/s1. The van der Waals surface area contributed by atoms with Gasteiger partial charge in [-0.2, -0.15) is 0 Å². The van der Waals surface area contributed by atoms with Gasteiger partial charge in [-0.25, -0.2) is 9.78 Å². The van der Waals surface area contributed by atoms with Gasteiger partial charge in [0.25, 0.3) is 5.91 Å². The van der Waals surface area contributed by atoms with Crippen molar-refractivity contribution in [3.05, 3.63) is 83.4 Å². The van der Waals surface area contributed by atoms with Crippen LogP contribution in [0, 0.1) is 0 Å². The van der Waals surface area contributed by atoms with Crippen LogP contribution in [0.5, 0.6) is 5.75 Å². The molecule has 0 aliphatic carbocycles. The van der Waals surface area contributed by atoms with Crippen LogP contribution in [0.4, 0.5) is 0 Å². The van der Waals surface area contributed by atoms with Gasteiger partial charge in [0.2, 0.25) is 0 Å². The summed E-state index contributed by atoms with van der Waals surface area (Å²) in [6.45, 7) is 0.904. The summed E-state index contributed by atoms with van der Waals surface area (Å²) in [7, 11) is 2.97. The second-order valence-electron chi connectivity index (χ2n) is 7.16. The minimum Gasteiger partial charge on any atom is -0.497 e. The lowest BCUT2D eigenvalue weighted by atomic mass is 10.0. The van der Waals surface area contributed by atoms with Crippen LogP contribution in [0.25, 0.3) is 0 Å². The highest BCUT2D eigenvalue weighted by atomic mass is 16.5. The van der Waals surface area contributed by atoms with E-state index in [2.05, 4.69) is 4.98 Å². The van der Waals surface area contributed by atoms with Crippen LogP contribution in [-0.2, 0) is 29.0 Å². The van der Waals surface area contributed by atoms with Crippen LogP contribution < -0.4 is 4.74 Å². The Bertz CT molecular complexity index is 1040. The molecular formula is C23H23N3O4. The van der Waals surface area contributed by atoms with Crippen molar-refractivity contribution < 1.29 is 19.1 Å². The number of nitrogens with zero attached hydrogens (tertiary/aromatic N) is 3. The van der Waals surface area contributed by atoms with Crippen molar-refractivity contribution in [1.29, 1.82) is 0 Å². The van der Waals surface area contributed by atoms with Gasteiger partial charge in [-0.3, -0.25) is 4.79 Å². The largest absolute Gasteiger partial charge is 0.497 e. The van der Waals surface area contributed by atoms with E-state index in [-0.39, 0.29) is 5.91 Å². The minimum absolute atomic E-state index is 0.200. The number of ether oxygens (including phenoxy) is 2. The number of esters is 1. The second-order valence-corrected chi connectivity index (χ2v) is 7.16. The zero-order chi connectivity index (χ0) is 21.1. The Kier molecular flexibility index (Phi) is 5.52. The first-order chi connectivity index (χ1) is 14.6. The SMILES string of the molecule is COC(=O)[C@@H]1Cc2ncn(Cc3ccc(OC)cc3)c2CN1C(=O)c1ccccc1. The maximum Gasteiger partial charge on any atom is 0.329 e. The molecule has 0 spiro atoms. The molecule has 3 aromatic rings. The van der Waals surface area contributed by atoms with Gasteiger partial charge in [0.1, 0.15) is 11.8 Å². The maximum absolute atomic E-state index is 13.2. The lowest BCUT2D eigenvalue weighted by molar-refractivity contribution is -0.146. The van der Waals surface area contributed by atoms with E-state index in [1.807, 2.05) is 47.0 Å². The average Bonchev–Trinajstić information content (AvgIpc) is 3.20. The monoisotopic (exact) mass is 405 g/mol. The number of amides is 1. The fourth-order valence-electron chi connectivity index (χ4n) is 3.74. The number of rotatable bonds is 5. The van der Waals surface area contributed by atoms with Crippen molar-refractivity contribution in [2.24, 2.45) is 0 Å². The van der Waals surface area contributed by atoms with Crippen molar-refractivity contribution in [1.82, 2.24) is 14.5 Å². The van der Waals surface area contributed by atoms with E-state index >= 15 is 0 Å². The number of aromatic nitrogens is 2. The summed E-state index contributed by atoms with van der Waals surface area (Å²) >= 11 is 0. The molecule has 0 saturated carbocycles. The van der Waals surface area contributed by atoms with Gasteiger partial charge >= 0.3 is 5.97 Å². The minimum atomic E-state index is -0.695. The molecule has 0 unspecified atom stereocenters.